The predicted molar refractivity (Wildman–Crippen MR) is 81.1 cm³/mol. The van der Waals surface area contributed by atoms with Crippen LogP contribution in [0.3, 0.4) is 0 Å². The lowest BCUT2D eigenvalue weighted by molar-refractivity contribution is 0.0527. The van der Waals surface area contributed by atoms with E-state index in [9.17, 15) is 4.79 Å². The van der Waals surface area contributed by atoms with Crippen LogP contribution >= 0.6 is 0 Å². The maximum absolute atomic E-state index is 12.6. The van der Waals surface area contributed by atoms with Crippen LogP contribution in [0.1, 0.15) is 47.2 Å². The lowest BCUT2D eigenvalue weighted by Gasteiger charge is -2.23. The highest BCUT2D eigenvalue weighted by atomic mass is 16.5. The van der Waals surface area contributed by atoms with Crippen molar-refractivity contribution in [3.8, 4) is 0 Å². The molecule has 23 heavy (non-hydrogen) atoms. The number of hydrogen-bond donors (Lipinski definition) is 1. The molecule has 1 fully saturated rings. The maximum Gasteiger partial charge on any atom is 0.291 e. The normalized spacial score (nSPS) is 20.8. The predicted octanol–water partition coefficient (Wildman–Crippen LogP) is 1.31. The molecular weight excluding hydrogens is 298 g/mol. The Hall–Kier alpha value is -2.22. The Morgan fingerprint density at radius 3 is 3.00 bits per heavy atom. The number of H-pyrrole nitrogens is 1. The number of carbonyl (C=O) groups excluding carboxylic acids is 1. The highest BCUT2D eigenvalue weighted by Gasteiger charge is 2.34. The number of likely N-dealkylation sites (N-methyl/N-ethyl adjacent to an activating group) is 1. The number of aryl methyl sites for hydroxylation is 2. The Labute approximate surface area is 134 Å². The molecule has 2 atom stereocenters. The van der Waals surface area contributed by atoms with E-state index < -0.39 is 0 Å². The van der Waals surface area contributed by atoms with Crippen molar-refractivity contribution in [1.82, 2.24) is 25.1 Å². The average molecular weight is 319 g/mol. The van der Waals surface area contributed by atoms with E-state index >= 15 is 0 Å². The minimum atomic E-state index is -0.179. The van der Waals surface area contributed by atoms with Crippen LogP contribution in [-0.4, -0.2) is 57.3 Å². The molecule has 2 aromatic heterocycles. The molecule has 0 saturated carbocycles. The van der Waals surface area contributed by atoms with Gasteiger partial charge in [0.2, 0.25) is 5.76 Å². The van der Waals surface area contributed by atoms with E-state index in [2.05, 4.69) is 20.2 Å². The summed E-state index contributed by atoms with van der Waals surface area (Å²) in [5.41, 5.74) is 0.623. The number of ether oxygens (including phenoxy) is 1. The number of aromatic amines is 1. The average Bonchev–Trinajstić information content (AvgIpc) is 3.25. The molecule has 2 aromatic rings. The molecule has 1 amide bonds. The third-order valence-corrected chi connectivity index (χ3v) is 4.13. The Kier molecular flexibility index (Phi) is 4.42. The van der Waals surface area contributed by atoms with Gasteiger partial charge in [-0.2, -0.15) is 5.10 Å². The van der Waals surface area contributed by atoms with E-state index in [1.807, 2.05) is 6.92 Å². The zero-order valence-electron chi connectivity index (χ0n) is 13.6. The molecule has 1 aliphatic rings. The number of amides is 1. The summed E-state index contributed by atoms with van der Waals surface area (Å²) in [6.07, 6.45) is 2.91. The third kappa shape index (κ3) is 3.12. The first-order chi connectivity index (χ1) is 11.1. The summed E-state index contributed by atoms with van der Waals surface area (Å²) >= 11 is 0. The summed E-state index contributed by atoms with van der Waals surface area (Å²) in [4.78, 5) is 22.7. The zero-order valence-corrected chi connectivity index (χ0v) is 13.6. The SMILES string of the molecule is CCc1nc(C)c(C(=O)N(C)C[C@H]2OCC[C@H]2c2ncn[nH]2)o1. The number of nitrogens with one attached hydrogen (secondary N) is 1. The van der Waals surface area contributed by atoms with Crippen molar-refractivity contribution < 1.29 is 13.9 Å². The molecule has 0 aromatic carbocycles. The lowest BCUT2D eigenvalue weighted by Crippen LogP contribution is -2.36. The van der Waals surface area contributed by atoms with E-state index in [-0.39, 0.29) is 17.9 Å². The first-order valence-corrected chi connectivity index (χ1v) is 7.78. The van der Waals surface area contributed by atoms with Crippen molar-refractivity contribution >= 4 is 5.91 Å². The van der Waals surface area contributed by atoms with E-state index in [4.69, 9.17) is 9.15 Å². The van der Waals surface area contributed by atoms with Gasteiger partial charge in [-0.15, -0.1) is 0 Å². The smallest absolute Gasteiger partial charge is 0.291 e. The first kappa shape index (κ1) is 15.7. The molecule has 0 unspecified atom stereocenters. The first-order valence-electron chi connectivity index (χ1n) is 7.78. The maximum atomic E-state index is 12.6. The van der Waals surface area contributed by atoms with Crippen LogP contribution in [0.25, 0.3) is 0 Å². The summed E-state index contributed by atoms with van der Waals surface area (Å²) in [5, 5.41) is 6.78. The fourth-order valence-electron chi connectivity index (χ4n) is 2.86. The van der Waals surface area contributed by atoms with Crippen molar-refractivity contribution in [1.29, 1.82) is 0 Å². The lowest BCUT2D eigenvalue weighted by atomic mass is 10.0. The van der Waals surface area contributed by atoms with Gasteiger partial charge in [0.1, 0.15) is 12.2 Å². The van der Waals surface area contributed by atoms with Gasteiger partial charge in [-0.1, -0.05) is 6.92 Å². The van der Waals surface area contributed by atoms with Crippen LogP contribution in [0, 0.1) is 6.92 Å². The van der Waals surface area contributed by atoms with Crippen LogP contribution in [-0.2, 0) is 11.2 Å². The van der Waals surface area contributed by atoms with Crippen molar-refractivity contribution in [2.24, 2.45) is 0 Å². The molecule has 1 aliphatic heterocycles. The number of carbonyl (C=O) groups is 1. The topological polar surface area (TPSA) is 97.1 Å². The molecule has 3 rings (SSSR count). The van der Waals surface area contributed by atoms with Crippen LogP contribution in [0.4, 0.5) is 0 Å². The summed E-state index contributed by atoms with van der Waals surface area (Å²) in [5.74, 6) is 1.63. The van der Waals surface area contributed by atoms with Gasteiger partial charge in [-0.3, -0.25) is 9.89 Å². The third-order valence-electron chi connectivity index (χ3n) is 4.13. The van der Waals surface area contributed by atoms with Crippen molar-refractivity contribution in [3.63, 3.8) is 0 Å². The molecule has 124 valence electrons. The number of nitrogens with zero attached hydrogens (tertiary/aromatic N) is 4. The van der Waals surface area contributed by atoms with Crippen molar-refractivity contribution in [3.05, 3.63) is 29.5 Å². The van der Waals surface area contributed by atoms with Crippen molar-refractivity contribution in [2.45, 2.75) is 38.7 Å². The van der Waals surface area contributed by atoms with E-state index in [0.29, 0.717) is 36.9 Å². The molecule has 8 nitrogen and oxygen atoms in total. The Morgan fingerprint density at radius 1 is 1.52 bits per heavy atom. The summed E-state index contributed by atoms with van der Waals surface area (Å²) < 4.78 is 11.3. The minimum absolute atomic E-state index is 0.106. The molecule has 0 bridgehead atoms. The molecule has 3 heterocycles. The van der Waals surface area contributed by atoms with Gasteiger partial charge in [-0.05, 0) is 13.3 Å². The Morgan fingerprint density at radius 2 is 2.35 bits per heavy atom. The number of rotatable bonds is 5. The molecule has 0 spiro atoms. The van der Waals surface area contributed by atoms with Gasteiger partial charge in [0, 0.05) is 32.5 Å². The van der Waals surface area contributed by atoms with Gasteiger partial charge < -0.3 is 14.1 Å². The largest absolute Gasteiger partial charge is 0.435 e. The fraction of sp³-hybridized carbons (Fsp3) is 0.600. The second-order valence-electron chi connectivity index (χ2n) is 5.74. The van der Waals surface area contributed by atoms with E-state index in [1.54, 1.807) is 18.9 Å². The highest BCUT2D eigenvalue weighted by molar-refractivity contribution is 5.92. The fourth-order valence-corrected chi connectivity index (χ4v) is 2.86. The van der Waals surface area contributed by atoms with Gasteiger partial charge in [-0.25, -0.2) is 9.97 Å². The van der Waals surface area contributed by atoms with Crippen LogP contribution in [0.15, 0.2) is 10.7 Å². The van der Waals surface area contributed by atoms with Crippen LogP contribution < -0.4 is 0 Å². The van der Waals surface area contributed by atoms with Gasteiger partial charge in [0.05, 0.1) is 11.8 Å². The molecule has 1 N–H and O–H groups in total. The molecule has 0 aliphatic carbocycles. The quantitative estimate of drug-likeness (QED) is 0.892. The summed E-state index contributed by atoms with van der Waals surface area (Å²) in [6.45, 7) is 4.84. The monoisotopic (exact) mass is 319 g/mol. The number of hydrogen-bond acceptors (Lipinski definition) is 6. The highest BCUT2D eigenvalue weighted by Crippen LogP contribution is 2.29. The van der Waals surface area contributed by atoms with Gasteiger partial charge in [0.15, 0.2) is 5.89 Å². The molecule has 8 heteroatoms. The number of aromatic nitrogens is 4. The number of oxazole rings is 1. The van der Waals surface area contributed by atoms with Crippen LogP contribution in [0.2, 0.25) is 0 Å². The molecule has 0 radical (unpaired) electrons. The van der Waals surface area contributed by atoms with Gasteiger partial charge >= 0.3 is 0 Å². The van der Waals surface area contributed by atoms with Crippen LogP contribution in [0.5, 0.6) is 0 Å². The Bertz CT molecular complexity index is 667. The second kappa shape index (κ2) is 6.49. The second-order valence-corrected chi connectivity index (χ2v) is 5.74. The zero-order chi connectivity index (χ0) is 16.4. The molecule has 1 saturated heterocycles. The Balaban J connectivity index is 1.69. The summed E-state index contributed by atoms with van der Waals surface area (Å²) in [7, 11) is 1.75. The van der Waals surface area contributed by atoms with E-state index in [1.165, 1.54) is 6.33 Å². The van der Waals surface area contributed by atoms with E-state index in [0.717, 1.165) is 12.2 Å². The standard InChI is InChI=1S/C15H21N5O3/c1-4-12-18-9(2)13(23-12)15(21)20(3)7-11-10(5-6-22-11)14-16-8-17-19-14/h8,10-11H,4-7H2,1-3H3,(H,16,17,19)/t10-,11-/m1/s1. The summed E-state index contributed by atoms with van der Waals surface area (Å²) in [6, 6.07) is 0. The van der Waals surface area contributed by atoms with Crippen molar-refractivity contribution in [2.75, 3.05) is 20.2 Å². The molecular formula is C15H21N5O3. The minimum Gasteiger partial charge on any atom is -0.435 e. The van der Waals surface area contributed by atoms with Gasteiger partial charge in [0.25, 0.3) is 5.91 Å².